The molecular weight excluding hydrogens is 777 g/mol. The van der Waals surface area contributed by atoms with Gasteiger partial charge in [0.05, 0.1) is 22.1 Å². The average Bonchev–Trinajstić information content (AvgIpc) is 3.78. The van der Waals surface area contributed by atoms with Crippen molar-refractivity contribution < 1.29 is 0 Å². The number of rotatable bonds is 6. The molecule has 0 bridgehead atoms. The van der Waals surface area contributed by atoms with E-state index in [-0.39, 0.29) is 15.9 Å². The van der Waals surface area contributed by atoms with E-state index in [4.69, 9.17) is 0 Å². The number of fused-ring (bicyclic) bond motifs is 6. The van der Waals surface area contributed by atoms with Crippen molar-refractivity contribution in [3.05, 3.63) is 199 Å². The molecule has 0 saturated heterocycles. The highest BCUT2D eigenvalue weighted by Crippen LogP contribution is 2.41. The van der Waals surface area contributed by atoms with E-state index in [1.165, 1.54) is 87.1 Å². The standard InChI is InChI=1S/C60H58N2Si/c1-58(2,3)43-35-42(36-44(38-43)59(4,5)6)41-21-20-22-45(37-41)61-55-30-19-17-28-51(55)53-39-46(31-34-56(53)61)62-54-29-18-16-27-50(54)52-33-32-49(40-57(52)62)63(60(7,8)9,47-23-12-10-13-24-47)48-25-14-11-15-26-48/h10-40H,1-9H3. The predicted octanol–water partition coefficient (Wildman–Crippen LogP) is 14.4. The molecule has 0 amide bonds. The Hall–Kier alpha value is -6.42. The summed E-state index contributed by atoms with van der Waals surface area (Å²) in [5, 5.41) is 9.29. The summed E-state index contributed by atoms with van der Waals surface area (Å²) in [6.45, 7) is 21.2. The Morgan fingerprint density at radius 2 is 0.810 bits per heavy atom. The van der Waals surface area contributed by atoms with Gasteiger partial charge in [-0.25, -0.2) is 0 Å². The number of aromatic nitrogens is 2. The smallest absolute Gasteiger partial charge is 0.153 e. The lowest BCUT2D eigenvalue weighted by Crippen LogP contribution is -2.72. The molecule has 2 aromatic heterocycles. The molecule has 0 radical (unpaired) electrons. The van der Waals surface area contributed by atoms with Gasteiger partial charge in [0.1, 0.15) is 0 Å². The highest BCUT2D eigenvalue weighted by Gasteiger charge is 2.49. The molecule has 0 aliphatic carbocycles. The largest absolute Gasteiger partial charge is 0.309 e. The maximum atomic E-state index is 2.55. The zero-order valence-corrected chi connectivity index (χ0v) is 39.3. The van der Waals surface area contributed by atoms with Gasteiger partial charge < -0.3 is 9.13 Å². The minimum Gasteiger partial charge on any atom is -0.309 e. The Bertz CT molecular complexity index is 3260. The zero-order chi connectivity index (χ0) is 43.9. The van der Waals surface area contributed by atoms with E-state index in [0.717, 1.165) is 5.69 Å². The summed E-state index contributed by atoms with van der Waals surface area (Å²) in [6, 6.07) is 71.4. The van der Waals surface area contributed by atoms with Crippen LogP contribution in [0.2, 0.25) is 5.04 Å². The first-order chi connectivity index (χ1) is 30.1. The van der Waals surface area contributed by atoms with Crippen LogP contribution in [0.3, 0.4) is 0 Å². The molecule has 10 aromatic rings. The lowest BCUT2D eigenvalue weighted by atomic mass is 9.79. The van der Waals surface area contributed by atoms with E-state index in [0.29, 0.717) is 0 Å². The molecule has 0 spiro atoms. The van der Waals surface area contributed by atoms with Crippen LogP contribution in [0.25, 0.3) is 66.1 Å². The van der Waals surface area contributed by atoms with Gasteiger partial charge in [-0.3, -0.25) is 0 Å². The minimum atomic E-state index is -2.60. The van der Waals surface area contributed by atoms with Crippen molar-refractivity contribution in [1.29, 1.82) is 0 Å². The predicted molar refractivity (Wildman–Crippen MR) is 275 cm³/mol. The van der Waals surface area contributed by atoms with Crippen molar-refractivity contribution in [2.24, 2.45) is 0 Å². The summed E-state index contributed by atoms with van der Waals surface area (Å²) in [6.07, 6.45) is 0. The van der Waals surface area contributed by atoms with Gasteiger partial charge >= 0.3 is 0 Å². The Morgan fingerprint density at radius 3 is 1.38 bits per heavy atom. The van der Waals surface area contributed by atoms with Crippen LogP contribution in [0.15, 0.2) is 188 Å². The van der Waals surface area contributed by atoms with Gasteiger partial charge in [0.15, 0.2) is 8.07 Å². The highest BCUT2D eigenvalue weighted by atomic mass is 28.3. The van der Waals surface area contributed by atoms with E-state index < -0.39 is 8.07 Å². The van der Waals surface area contributed by atoms with Gasteiger partial charge in [-0.15, -0.1) is 0 Å². The van der Waals surface area contributed by atoms with Crippen LogP contribution >= 0.6 is 0 Å². The second-order valence-corrected chi connectivity index (χ2v) is 25.5. The Balaban J connectivity index is 1.19. The summed E-state index contributed by atoms with van der Waals surface area (Å²) in [7, 11) is -2.60. The molecule has 0 aliphatic heterocycles. The Kier molecular flexibility index (Phi) is 9.58. The van der Waals surface area contributed by atoms with Gasteiger partial charge in [0.2, 0.25) is 0 Å². The maximum Gasteiger partial charge on any atom is 0.153 e. The lowest BCUT2D eigenvalue weighted by molar-refractivity contribution is 0.569. The number of nitrogens with zero attached hydrogens (tertiary/aromatic N) is 2. The maximum absolute atomic E-state index is 2.60. The van der Waals surface area contributed by atoms with Crippen LogP contribution < -0.4 is 15.6 Å². The van der Waals surface area contributed by atoms with Gasteiger partial charge in [0, 0.05) is 32.9 Å². The number of hydrogen-bond donors (Lipinski definition) is 0. The summed E-state index contributed by atoms with van der Waals surface area (Å²) < 4.78 is 4.98. The SMILES string of the molecule is CC(C)(C)c1cc(-c2cccc(-n3c4ccccc4c4cc(-n5c6ccccc6c6ccc([Si](c7ccccc7)(c7ccccc7)C(C)(C)C)cc65)ccc43)c2)cc(C(C)(C)C)c1. The molecule has 3 heteroatoms. The van der Waals surface area contributed by atoms with Gasteiger partial charge in [-0.1, -0.05) is 202 Å². The summed E-state index contributed by atoms with van der Waals surface area (Å²) in [5.74, 6) is 0. The Morgan fingerprint density at radius 1 is 0.317 bits per heavy atom. The fraction of sp³-hybridized carbons (Fsp3) is 0.200. The van der Waals surface area contributed by atoms with E-state index in [9.17, 15) is 0 Å². The molecule has 0 N–H and O–H groups in total. The topological polar surface area (TPSA) is 9.86 Å². The fourth-order valence-electron chi connectivity index (χ4n) is 10.5. The summed E-state index contributed by atoms with van der Waals surface area (Å²) in [5.41, 5.74) is 12.5. The molecule has 2 heterocycles. The van der Waals surface area contributed by atoms with Crippen LogP contribution in [0, 0.1) is 0 Å². The molecule has 0 atom stereocenters. The monoisotopic (exact) mass is 834 g/mol. The van der Waals surface area contributed by atoms with Crippen molar-refractivity contribution in [2.75, 3.05) is 0 Å². The van der Waals surface area contributed by atoms with E-state index >= 15 is 0 Å². The van der Waals surface area contributed by atoms with E-state index in [1.54, 1.807) is 0 Å². The van der Waals surface area contributed by atoms with Gasteiger partial charge in [-0.2, -0.15) is 0 Å². The van der Waals surface area contributed by atoms with E-state index in [2.05, 4.69) is 260 Å². The van der Waals surface area contributed by atoms with Crippen LogP contribution in [0.1, 0.15) is 73.4 Å². The molecule has 0 fully saturated rings. The first kappa shape index (κ1) is 40.6. The van der Waals surface area contributed by atoms with Crippen LogP contribution in [-0.4, -0.2) is 17.2 Å². The lowest BCUT2D eigenvalue weighted by Gasteiger charge is -2.44. The van der Waals surface area contributed by atoms with Crippen LogP contribution in [0.5, 0.6) is 0 Å². The highest BCUT2D eigenvalue weighted by molar-refractivity contribution is 7.13. The molecule has 2 nitrogen and oxygen atoms in total. The molecule has 10 rings (SSSR count). The van der Waals surface area contributed by atoms with Crippen molar-refractivity contribution in [3.8, 4) is 22.5 Å². The van der Waals surface area contributed by atoms with Crippen molar-refractivity contribution >= 4 is 67.2 Å². The molecular formula is C60H58N2Si. The number of hydrogen-bond acceptors (Lipinski definition) is 0. The third-order valence-corrected chi connectivity index (χ3v) is 19.5. The molecule has 0 aliphatic rings. The quantitative estimate of drug-likeness (QED) is 0.117. The molecule has 63 heavy (non-hydrogen) atoms. The average molecular weight is 835 g/mol. The fourth-order valence-corrected chi connectivity index (χ4v) is 16.2. The second-order valence-electron chi connectivity index (χ2n) is 20.7. The normalized spacial score (nSPS) is 12.8. The third-order valence-electron chi connectivity index (χ3n) is 13.7. The summed E-state index contributed by atoms with van der Waals surface area (Å²) >= 11 is 0. The minimum absolute atomic E-state index is 0.0253. The zero-order valence-electron chi connectivity index (χ0n) is 38.3. The molecule has 8 aromatic carbocycles. The summed E-state index contributed by atoms with van der Waals surface area (Å²) in [4.78, 5) is 0. The third kappa shape index (κ3) is 6.68. The molecule has 0 unspecified atom stereocenters. The van der Waals surface area contributed by atoms with Crippen LogP contribution in [-0.2, 0) is 10.8 Å². The van der Waals surface area contributed by atoms with Gasteiger partial charge in [-0.05, 0) is 102 Å². The van der Waals surface area contributed by atoms with Crippen LogP contribution in [0.4, 0.5) is 0 Å². The number of para-hydroxylation sites is 2. The van der Waals surface area contributed by atoms with Gasteiger partial charge in [0.25, 0.3) is 0 Å². The van der Waals surface area contributed by atoms with E-state index in [1.807, 2.05) is 0 Å². The van der Waals surface area contributed by atoms with Crippen molar-refractivity contribution in [3.63, 3.8) is 0 Å². The Labute approximate surface area is 374 Å². The second kappa shape index (κ2) is 14.9. The molecule has 0 saturated carbocycles. The first-order valence-electron chi connectivity index (χ1n) is 22.6. The van der Waals surface area contributed by atoms with Crippen molar-refractivity contribution in [1.82, 2.24) is 9.13 Å². The first-order valence-corrected chi connectivity index (χ1v) is 24.6. The molecule has 312 valence electrons. The van der Waals surface area contributed by atoms with Crippen molar-refractivity contribution in [2.45, 2.75) is 78.2 Å². The number of benzene rings is 8.